The van der Waals surface area contributed by atoms with Gasteiger partial charge in [-0.3, -0.25) is 9.71 Å². The first-order valence-corrected chi connectivity index (χ1v) is 15.3. The highest BCUT2D eigenvalue weighted by molar-refractivity contribution is 7.93. The Hall–Kier alpha value is -3.86. The normalized spacial score (nSPS) is 18.8. The van der Waals surface area contributed by atoms with Crippen LogP contribution in [-0.4, -0.2) is 38.8 Å². The highest BCUT2D eigenvalue weighted by Gasteiger charge is 2.43. The molecule has 0 saturated heterocycles. The fraction of sp³-hybridized carbons (Fsp3) is 0.367. The van der Waals surface area contributed by atoms with Crippen LogP contribution in [0.1, 0.15) is 77.7 Å². The Morgan fingerprint density at radius 1 is 1.02 bits per heavy atom. The minimum Gasteiger partial charge on any atom is -0.252 e. The Morgan fingerprint density at radius 2 is 1.71 bits per heavy atom. The van der Waals surface area contributed by atoms with Gasteiger partial charge in [-0.15, -0.1) is 5.10 Å². The number of halogens is 2. The monoisotopic (exact) mass is 580 g/mol. The van der Waals surface area contributed by atoms with Gasteiger partial charge in [-0.2, -0.15) is 5.10 Å². The predicted octanol–water partition coefficient (Wildman–Crippen LogP) is 6.65. The van der Waals surface area contributed by atoms with Gasteiger partial charge in [-0.1, -0.05) is 26.0 Å². The molecule has 0 unspecified atom stereocenters. The van der Waals surface area contributed by atoms with Crippen LogP contribution < -0.4 is 4.72 Å². The molecule has 0 amide bonds. The van der Waals surface area contributed by atoms with Gasteiger partial charge in [0.15, 0.2) is 0 Å². The second-order valence-corrected chi connectivity index (χ2v) is 12.8. The summed E-state index contributed by atoms with van der Waals surface area (Å²) in [5, 5.41) is 8.32. The molecular weight excluding hydrogens is 546 g/mol. The molecule has 3 heterocycles. The predicted molar refractivity (Wildman–Crippen MR) is 156 cm³/mol. The van der Waals surface area contributed by atoms with Gasteiger partial charge in [0, 0.05) is 19.4 Å². The summed E-state index contributed by atoms with van der Waals surface area (Å²) in [5.74, 6) is -1.19. The van der Waals surface area contributed by atoms with Crippen LogP contribution in [-0.2, 0) is 15.4 Å². The Balaban J connectivity index is 0.00000405. The van der Waals surface area contributed by atoms with Crippen molar-refractivity contribution < 1.29 is 18.6 Å². The third-order valence-electron chi connectivity index (χ3n) is 7.99. The molecule has 1 aromatic carbocycles. The molecule has 0 fully saturated rings. The van der Waals surface area contributed by atoms with Crippen molar-refractivity contribution in [1.82, 2.24) is 25.1 Å². The Labute approximate surface area is 240 Å². The quantitative estimate of drug-likeness (QED) is 0.248. The number of anilines is 1. The number of nitrogens with zero attached hydrogens (tertiary/aromatic N) is 5. The number of pyridine rings is 1. The molecule has 11 heteroatoms. The Bertz CT molecular complexity index is 1670. The first-order valence-electron chi connectivity index (χ1n) is 13.7. The first kappa shape index (κ1) is 28.7. The molecule has 1 aliphatic rings. The van der Waals surface area contributed by atoms with Crippen molar-refractivity contribution in [1.29, 1.82) is 0 Å². The molecule has 0 saturated carbocycles. The smallest absolute Gasteiger partial charge is 0.237 e. The summed E-state index contributed by atoms with van der Waals surface area (Å²) in [7, 11) is -3.57. The lowest BCUT2D eigenvalue weighted by Gasteiger charge is -2.40. The second kappa shape index (κ2) is 11.2. The number of rotatable bonds is 8. The van der Waals surface area contributed by atoms with E-state index >= 15 is 0 Å². The maximum absolute atomic E-state index is 14.6. The number of benzene rings is 1. The summed E-state index contributed by atoms with van der Waals surface area (Å²) in [6, 6.07) is 11.3. The zero-order valence-electron chi connectivity index (χ0n) is 23.4. The Morgan fingerprint density at radius 3 is 2.34 bits per heavy atom. The van der Waals surface area contributed by atoms with E-state index in [-0.39, 0.29) is 24.6 Å². The van der Waals surface area contributed by atoms with Crippen LogP contribution in [0.5, 0.6) is 0 Å². The van der Waals surface area contributed by atoms with Crippen LogP contribution >= 0.6 is 0 Å². The largest absolute Gasteiger partial charge is 0.252 e. The zero-order chi connectivity index (χ0) is 29.4. The molecule has 1 aliphatic carbocycles. The standard InChI is InChI=1S/C30H32F2N6O2S.H2/c1-5-19-13-14-30(6-2,28-21(19)15-25(36-37-28)27-22(31)9-7-10-23(27)32)26-12-8-11-24(35-26)20-16-33-29(34-17-20)38-41(39,40)18(3)4;/h7-12,15-19H,5-6,13-14H2,1-4H3,(H,33,34,38);1H/t19-,30+;/m0./s1. The number of nitrogens with one attached hydrogen (secondary N) is 1. The zero-order valence-corrected chi connectivity index (χ0v) is 24.2. The van der Waals surface area contributed by atoms with E-state index in [9.17, 15) is 17.2 Å². The summed E-state index contributed by atoms with van der Waals surface area (Å²) in [6.45, 7) is 7.33. The highest BCUT2D eigenvalue weighted by atomic mass is 32.2. The molecule has 0 radical (unpaired) electrons. The van der Waals surface area contributed by atoms with E-state index in [1.807, 2.05) is 18.2 Å². The van der Waals surface area contributed by atoms with Crippen molar-refractivity contribution in [3.63, 3.8) is 0 Å². The van der Waals surface area contributed by atoms with Gasteiger partial charge in [0.2, 0.25) is 16.0 Å². The van der Waals surface area contributed by atoms with E-state index < -0.39 is 32.3 Å². The molecule has 1 N–H and O–H groups in total. The number of fused-ring (bicyclic) bond motifs is 1. The summed E-state index contributed by atoms with van der Waals surface area (Å²) in [6.07, 6.45) is 6.28. The van der Waals surface area contributed by atoms with Gasteiger partial charge in [-0.25, -0.2) is 27.2 Å². The van der Waals surface area contributed by atoms with E-state index in [0.29, 0.717) is 17.7 Å². The van der Waals surface area contributed by atoms with Gasteiger partial charge in [-0.05, 0) is 81.3 Å². The average molecular weight is 581 g/mol. The van der Waals surface area contributed by atoms with Crippen LogP contribution in [0.4, 0.5) is 14.7 Å². The molecule has 0 spiro atoms. The van der Waals surface area contributed by atoms with Crippen LogP contribution in [0.2, 0.25) is 0 Å². The van der Waals surface area contributed by atoms with Crippen molar-refractivity contribution in [2.45, 2.75) is 70.0 Å². The third kappa shape index (κ3) is 5.30. The first-order chi connectivity index (χ1) is 19.6. The highest BCUT2D eigenvalue weighted by Crippen LogP contribution is 2.49. The van der Waals surface area contributed by atoms with Gasteiger partial charge < -0.3 is 0 Å². The van der Waals surface area contributed by atoms with E-state index in [1.165, 1.54) is 30.6 Å². The molecule has 8 nitrogen and oxygen atoms in total. The van der Waals surface area contributed by atoms with Crippen LogP contribution in [0.15, 0.2) is 54.9 Å². The van der Waals surface area contributed by atoms with Gasteiger partial charge in [0.05, 0.1) is 39.0 Å². The van der Waals surface area contributed by atoms with Crippen LogP contribution in [0.3, 0.4) is 0 Å². The third-order valence-corrected chi connectivity index (χ3v) is 9.70. The summed E-state index contributed by atoms with van der Waals surface area (Å²) < 4.78 is 56.0. The van der Waals surface area contributed by atoms with Gasteiger partial charge in [0.1, 0.15) is 11.6 Å². The summed E-state index contributed by atoms with van der Waals surface area (Å²) in [4.78, 5) is 13.4. The molecule has 41 heavy (non-hydrogen) atoms. The van der Waals surface area contributed by atoms with Crippen molar-refractivity contribution in [3.8, 4) is 22.5 Å². The molecule has 4 aromatic rings. The summed E-state index contributed by atoms with van der Waals surface area (Å²) in [5.41, 5.74) is 3.22. The number of aromatic nitrogens is 5. The fourth-order valence-electron chi connectivity index (χ4n) is 5.47. The van der Waals surface area contributed by atoms with Gasteiger partial charge >= 0.3 is 0 Å². The number of hydrogen-bond donors (Lipinski definition) is 1. The molecule has 0 bridgehead atoms. The van der Waals surface area contributed by atoms with Crippen molar-refractivity contribution in [2.75, 3.05) is 4.72 Å². The molecular formula is C30H34F2N6O2S. The van der Waals surface area contributed by atoms with Crippen LogP contribution in [0, 0.1) is 11.6 Å². The Kier molecular flexibility index (Phi) is 7.83. The second-order valence-electron chi connectivity index (χ2n) is 10.6. The molecule has 0 aliphatic heterocycles. The molecule has 2 atom stereocenters. The fourth-order valence-corrected chi connectivity index (χ4v) is 6.06. The van der Waals surface area contributed by atoms with E-state index in [4.69, 9.17) is 4.98 Å². The maximum atomic E-state index is 14.6. The van der Waals surface area contributed by atoms with E-state index in [0.717, 1.165) is 36.2 Å². The topological polar surface area (TPSA) is 111 Å². The van der Waals surface area contributed by atoms with Crippen LogP contribution in [0.25, 0.3) is 22.5 Å². The van der Waals surface area contributed by atoms with Gasteiger partial charge in [0.25, 0.3) is 0 Å². The van der Waals surface area contributed by atoms with Crippen molar-refractivity contribution in [3.05, 3.63) is 83.4 Å². The molecule has 216 valence electrons. The number of sulfonamides is 1. The average Bonchev–Trinajstić information content (AvgIpc) is 2.96. The lowest BCUT2D eigenvalue weighted by atomic mass is 9.65. The van der Waals surface area contributed by atoms with Crippen molar-refractivity contribution in [2.24, 2.45) is 0 Å². The van der Waals surface area contributed by atoms with E-state index in [1.54, 1.807) is 19.9 Å². The lowest BCUT2D eigenvalue weighted by Crippen LogP contribution is -2.35. The minimum absolute atomic E-state index is 0. The maximum Gasteiger partial charge on any atom is 0.237 e. The SMILES string of the molecule is CC[C@H]1CC[C@](CC)(c2cccc(-c3cnc(NS(=O)(=O)C(C)C)nc3)n2)c2nnc(-c3c(F)cccc3F)cc21.[HH]. The van der Waals surface area contributed by atoms with Crippen molar-refractivity contribution >= 4 is 16.0 Å². The molecule has 3 aromatic heterocycles. The lowest BCUT2D eigenvalue weighted by molar-refractivity contribution is 0.353. The minimum atomic E-state index is -3.57. The number of hydrogen-bond acceptors (Lipinski definition) is 7. The van der Waals surface area contributed by atoms with E-state index in [2.05, 4.69) is 38.7 Å². The molecule has 5 rings (SSSR count). The summed E-state index contributed by atoms with van der Waals surface area (Å²) >= 11 is 0.